The van der Waals surface area contributed by atoms with Gasteiger partial charge < -0.3 is 15.5 Å². The fourth-order valence-corrected chi connectivity index (χ4v) is 1.60. The maximum Gasteiger partial charge on any atom is 0.244 e. The standard InChI is InChI=1S/C10H19N3O2/c1-7(11-3)6-13-5-4-9(14)12-8(2)10(13)15/h7-8,11H,4-6H2,1-3H3,(H,12,14). The zero-order chi connectivity index (χ0) is 11.4. The predicted octanol–water partition coefficient (Wildman–Crippen LogP) is -0.669. The number of carbonyl (C=O) groups is 2. The van der Waals surface area contributed by atoms with Crippen LogP contribution in [-0.4, -0.2) is 48.9 Å². The number of hydrogen-bond donors (Lipinski definition) is 2. The summed E-state index contributed by atoms with van der Waals surface area (Å²) in [5.74, 6) is -0.0431. The maximum atomic E-state index is 11.8. The van der Waals surface area contributed by atoms with Gasteiger partial charge in [0.25, 0.3) is 0 Å². The number of amides is 2. The lowest BCUT2D eigenvalue weighted by Crippen LogP contribution is -2.46. The second-order valence-electron chi connectivity index (χ2n) is 4.01. The minimum atomic E-state index is -0.399. The molecule has 1 aliphatic heterocycles. The van der Waals surface area contributed by atoms with Gasteiger partial charge in [0, 0.05) is 25.6 Å². The van der Waals surface area contributed by atoms with Gasteiger partial charge in [0.05, 0.1) is 0 Å². The summed E-state index contributed by atoms with van der Waals surface area (Å²) in [5, 5.41) is 5.74. The first-order valence-electron chi connectivity index (χ1n) is 5.30. The van der Waals surface area contributed by atoms with Crippen molar-refractivity contribution in [1.29, 1.82) is 0 Å². The van der Waals surface area contributed by atoms with Crippen LogP contribution in [0.1, 0.15) is 20.3 Å². The molecule has 0 radical (unpaired) electrons. The lowest BCUT2D eigenvalue weighted by Gasteiger charge is -2.25. The molecule has 1 rings (SSSR count). The van der Waals surface area contributed by atoms with E-state index in [-0.39, 0.29) is 17.9 Å². The van der Waals surface area contributed by atoms with Gasteiger partial charge >= 0.3 is 0 Å². The molecule has 0 aromatic carbocycles. The molecule has 2 unspecified atom stereocenters. The zero-order valence-electron chi connectivity index (χ0n) is 9.54. The van der Waals surface area contributed by atoms with Gasteiger partial charge in [-0.3, -0.25) is 9.59 Å². The fourth-order valence-electron chi connectivity index (χ4n) is 1.60. The Morgan fingerprint density at radius 2 is 2.27 bits per heavy atom. The summed E-state index contributed by atoms with van der Waals surface area (Å²) < 4.78 is 0. The van der Waals surface area contributed by atoms with E-state index < -0.39 is 6.04 Å². The Kier molecular flexibility index (Phi) is 4.08. The smallest absolute Gasteiger partial charge is 0.244 e. The highest BCUT2D eigenvalue weighted by Gasteiger charge is 2.26. The molecule has 1 heterocycles. The highest BCUT2D eigenvalue weighted by atomic mass is 16.2. The zero-order valence-corrected chi connectivity index (χ0v) is 9.54. The van der Waals surface area contributed by atoms with E-state index in [0.717, 1.165) is 0 Å². The molecule has 1 aliphatic rings. The maximum absolute atomic E-state index is 11.8. The monoisotopic (exact) mass is 213 g/mol. The third-order valence-electron chi connectivity index (χ3n) is 2.66. The van der Waals surface area contributed by atoms with Gasteiger partial charge in [0.2, 0.25) is 11.8 Å². The van der Waals surface area contributed by atoms with Crippen LogP contribution in [0.3, 0.4) is 0 Å². The molecule has 0 bridgehead atoms. The Morgan fingerprint density at radius 1 is 1.60 bits per heavy atom. The summed E-state index contributed by atoms with van der Waals surface area (Å²) >= 11 is 0. The van der Waals surface area contributed by atoms with E-state index in [0.29, 0.717) is 19.5 Å². The molecule has 0 spiro atoms. The largest absolute Gasteiger partial charge is 0.345 e. The van der Waals surface area contributed by atoms with Crippen LogP contribution in [-0.2, 0) is 9.59 Å². The molecule has 2 amide bonds. The van der Waals surface area contributed by atoms with Gasteiger partial charge in [-0.15, -0.1) is 0 Å². The minimum Gasteiger partial charge on any atom is -0.345 e. The van der Waals surface area contributed by atoms with E-state index in [1.165, 1.54) is 0 Å². The van der Waals surface area contributed by atoms with Crippen LogP contribution < -0.4 is 10.6 Å². The molecule has 1 saturated heterocycles. The van der Waals surface area contributed by atoms with Gasteiger partial charge in [0.15, 0.2) is 0 Å². The molecular formula is C10H19N3O2. The topological polar surface area (TPSA) is 61.4 Å². The van der Waals surface area contributed by atoms with E-state index in [2.05, 4.69) is 10.6 Å². The molecule has 5 heteroatoms. The lowest BCUT2D eigenvalue weighted by molar-refractivity contribution is -0.133. The summed E-state index contributed by atoms with van der Waals surface area (Å²) in [6.45, 7) is 4.90. The molecule has 2 N–H and O–H groups in total. The second kappa shape index (κ2) is 5.11. The quantitative estimate of drug-likeness (QED) is 0.653. The average Bonchev–Trinajstić information content (AvgIpc) is 2.31. The molecule has 86 valence electrons. The Labute approximate surface area is 90.2 Å². The van der Waals surface area contributed by atoms with Crippen LogP contribution in [0.25, 0.3) is 0 Å². The number of nitrogens with zero attached hydrogens (tertiary/aromatic N) is 1. The first kappa shape index (κ1) is 12.0. The fraction of sp³-hybridized carbons (Fsp3) is 0.800. The van der Waals surface area contributed by atoms with E-state index in [9.17, 15) is 9.59 Å². The van der Waals surface area contributed by atoms with Crippen molar-refractivity contribution >= 4 is 11.8 Å². The molecule has 0 saturated carbocycles. The number of likely N-dealkylation sites (N-methyl/N-ethyl adjacent to an activating group) is 1. The van der Waals surface area contributed by atoms with Crippen molar-refractivity contribution in [2.45, 2.75) is 32.4 Å². The summed E-state index contributed by atoms with van der Waals surface area (Å²) in [7, 11) is 1.86. The Balaban J connectivity index is 2.62. The van der Waals surface area contributed by atoms with Gasteiger partial charge in [-0.1, -0.05) is 0 Å². The third kappa shape index (κ3) is 3.20. The molecule has 1 fully saturated rings. The van der Waals surface area contributed by atoms with Gasteiger partial charge in [-0.25, -0.2) is 0 Å². The van der Waals surface area contributed by atoms with Crippen molar-refractivity contribution < 1.29 is 9.59 Å². The molecule has 5 nitrogen and oxygen atoms in total. The normalized spacial score (nSPS) is 24.7. The van der Waals surface area contributed by atoms with Crippen molar-refractivity contribution in [2.75, 3.05) is 20.1 Å². The third-order valence-corrected chi connectivity index (χ3v) is 2.66. The summed E-state index contributed by atoms with van der Waals surface area (Å²) in [6, 6.07) is -0.154. The number of carbonyl (C=O) groups excluding carboxylic acids is 2. The Bertz CT molecular complexity index is 255. The summed E-state index contributed by atoms with van der Waals surface area (Å²) in [4.78, 5) is 24.8. The van der Waals surface area contributed by atoms with Crippen LogP contribution in [0.5, 0.6) is 0 Å². The molecule has 0 aromatic heterocycles. The van der Waals surface area contributed by atoms with Crippen molar-refractivity contribution in [3.05, 3.63) is 0 Å². The predicted molar refractivity (Wildman–Crippen MR) is 57.3 cm³/mol. The van der Waals surface area contributed by atoms with E-state index in [1.54, 1.807) is 11.8 Å². The second-order valence-corrected chi connectivity index (χ2v) is 4.01. The van der Waals surface area contributed by atoms with Gasteiger partial charge in [-0.05, 0) is 20.9 Å². The van der Waals surface area contributed by atoms with Crippen LogP contribution in [0.15, 0.2) is 0 Å². The van der Waals surface area contributed by atoms with Gasteiger partial charge in [-0.2, -0.15) is 0 Å². The Hall–Kier alpha value is -1.10. The van der Waals surface area contributed by atoms with Crippen LogP contribution in [0.2, 0.25) is 0 Å². The molecule has 2 atom stereocenters. The molecular weight excluding hydrogens is 194 g/mol. The first-order valence-corrected chi connectivity index (χ1v) is 5.30. The minimum absolute atomic E-state index is 0.00273. The lowest BCUT2D eigenvalue weighted by atomic mass is 10.2. The number of hydrogen-bond acceptors (Lipinski definition) is 3. The van der Waals surface area contributed by atoms with E-state index in [4.69, 9.17) is 0 Å². The molecule has 15 heavy (non-hydrogen) atoms. The van der Waals surface area contributed by atoms with Crippen molar-refractivity contribution in [1.82, 2.24) is 15.5 Å². The van der Waals surface area contributed by atoms with Crippen molar-refractivity contribution in [3.63, 3.8) is 0 Å². The van der Waals surface area contributed by atoms with Gasteiger partial charge in [0.1, 0.15) is 6.04 Å². The molecule has 0 aromatic rings. The average molecular weight is 213 g/mol. The van der Waals surface area contributed by atoms with Crippen molar-refractivity contribution in [2.24, 2.45) is 0 Å². The highest BCUT2D eigenvalue weighted by molar-refractivity contribution is 5.89. The first-order chi connectivity index (χ1) is 7.04. The van der Waals surface area contributed by atoms with Crippen LogP contribution in [0, 0.1) is 0 Å². The van der Waals surface area contributed by atoms with Crippen LogP contribution >= 0.6 is 0 Å². The van der Waals surface area contributed by atoms with Crippen LogP contribution in [0.4, 0.5) is 0 Å². The molecule has 0 aliphatic carbocycles. The van der Waals surface area contributed by atoms with E-state index in [1.807, 2.05) is 14.0 Å². The Morgan fingerprint density at radius 3 is 2.87 bits per heavy atom. The SMILES string of the molecule is CNC(C)CN1CCC(=O)NC(C)C1=O. The summed E-state index contributed by atoms with van der Waals surface area (Å²) in [5.41, 5.74) is 0. The van der Waals surface area contributed by atoms with Crippen molar-refractivity contribution in [3.8, 4) is 0 Å². The van der Waals surface area contributed by atoms with E-state index >= 15 is 0 Å². The number of nitrogens with one attached hydrogen (secondary N) is 2. The number of rotatable bonds is 3. The summed E-state index contributed by atoms with van der Waals surface area (Å²) in [6.07, 6.45) is 0.395. The highest BCUT2D eigenvalue weighted by Crippen LogP contribution is 2.04.